The number of carbonyl (C=O) groups excluding carboxylic acids is 1. The standard InChI is InChI=1S/C16H28N2O2.ClH/c1-3-20-14-8-13(16(14)6-4-5-7-16)18-15(19)11(2)12-9-17-10-12;/h11-14,17H,3-10H2,1-2H3,(H,18,19);1H. The fourth-order valence-electron chi connectivity index (χ4n) is 4.27. The van der Waals surface area contributed by atoms with Crippen molar-refractivity contribution in [3.05, 3.63) is 0 Å². The molecule has 122 valence electrons. The summed E-state index contributed by atoms with van der Waals surface area (Å²) in [6, 6.07) is 0.351. The van der Waals surface area contributed by atoms with Crippen molar-refractivity contribution < 1.29 is 9.53 Å². The molecular weight excluding hydrogens is 288 g/mol. The molecule has 0 aromatic heterocycles. The van der Waals surface area contributed by atoms with Crippen LogP contribution in [0.15, 0.2) is 0 Å². The molecule has 0 radical (unpaired) electrons. The topological polar surface area (TPSA) is 50.4 Å². The van der Waals surface area contributed by atoms with Gasteiger partial charge >= 0.3 is 0 Å². The van der Waals surface area contributed by atoms with Gasteiger partial charge in [-0.2, -0.15) is 0 Å². The van der Waals surface area contributed by atoms with Crippen molar-refractivity contribution in [2.45, 2.75) is 58.1 Å². The molecule has 0 aromatic rings. The lowest BCUT2D eigenvalue weighted by Crippen LogP contribution is -2.65. The number of hydrogen-bond donors (Lipinski definition) is 2. The number of halogens is 1. The van der Waals surface area contributed by atoms with E-state index in [1.54, 1.807) is 0 Å². The van der Waals surface area contributed by atoms with E-state index >= 15 is 0 Å². The maximum absolute atomic E-state index is 12.4. The Morgan fingerprint density at radius 3 is 2.57 bits per heavy atom. The lowest BCUT2D eigenvalue weighted by Gasteiger charge is -2.54. The van der Waals surface area contributed by atoms with E-state index in [2.05, 4.69) is 24.5 Å². The molecule has 1 aliphatic heterocycles. The second-order valence-corrected chi connectivity index (χ2v) is 6.89. The molecule has 1 heterocycles. The largest absolute Gasteiger partial charge is 0.378 e. The van der Waals surface area contributed by atoms with Gasteiger partial charge in [0.05, 0.1) is 6.10 Å². The van der Waals surface area contributed by atoms with Crippen molar-refractivity contribution in [2.75, 3.05) is 19.7 Å². The van der Waals surface area contributed by atoms with Gasteiger partial charge in [-0.05, 0) is 45.2 Å². The molecule has 1 saturated heterocycles. The van der Waals surface area contributed by atoms with Gasteiger partial charge in [-0.15, -0.1) is 12.4 Å². The van der Waals surface area contributed by atoms with E-state index in [9.17, 15) is 4.79 Å². The molecular formula is C16H29ClN2O2. The van der Waals surface area contributed by atoms with Crippen LogP contribution >= 0.6 is 12.4 Å². The van der Waals surface area contributed by atoms with Gasteiger partial charge in [0.15, 0.2) is 0 Å². The molecule has 21 heavy (non-hydrogen) atoms. The molecule has 2 aliphatic carbocycles. The Hall–Kier alpha value is -0.320. The summed E-state index contributed by atoms with van der Waals surface area (Å²) in [5.74, 6) is 0.917. The fraction of sp³-hybridized carbons (Fsp3) is 0.938. The number of amides is 1. The Kier molecular flexibility index (Phi) is 5.55. The highest BCUT2D eigenvalue weighted by Crippen LogP contribution is 2.54. The Bertz CT molecular complexity index is 367. The summed E-state index contributed by atoms with van der Waals surface area (Å²) in [6.45, 7) is 6.91. The maximum Gasteiger partial charge on any atom is 0.223 e. The molecule has 0 bridgehead atoms. The van der Waals surface area contributed by atoms with Crippen LogP contribution in [0.1, 0.15) is 46.0 Å². The first-order valence-electron chi connectivity index (χ1n) is 8.30. The molecule has 1 spiro atoms. The summed E-state index contributed by atoms with van der Waals surface area (Å²) in [4.78, 5) is 12.4. The maximum atomic E-state index is 12.4. The van der Waals surface area contributed by atoms with Gasteiger partial charge in [-0.25, -0.2) is 0 Å². The smallest absolute Gasteiger partial charge is 0.223 e. The van der Waals surface area contributed by atoms with E-state index in [-0.39, 0.29) is 29.6 Å². The molecule has 2 saturated carbocycles. The van der Waals surface area contributed by atoms with Crippen LogP contribution in [-0.4, -0.2) is 37.7 Å². The van der Waals surface area contributed by atoms with Crippen LogP contribution in [0.5, 0.6) is 0 Å². The summed E-state index contributed by atoms with van der Waals surface area (Å²) >= 11 is 0. The predicted octanol–water partition coefficient (Wildman–Crippen LogP) is 2.12. The molecule has 1 amide bonds. The molecule has 3 unspecified atom stereocenters. The van der Waals surface area contributed by atoms with Crippen molar-refractivity contribution in [3.8, 4) is 0 Å². The molecule has 0 aromatic carbocycles. The summed E-state index contributed by atoms with van der Waals surface area (Å²) in [5, 5.41) is 6.59. The van der Waals surface area contributed by atoms with Crippen molar-refractivity contribution >= 4 is 18.3 Å². The van der Waals surface area contributed by atoms with E-state index in [1.165, 1.54) is 25.7 Å². The van der Waals surface area contributed by atoms with Gasteiger partial charge in [0.1, 0.15) is 0 Å². The Morgan fingerprint density at radius 1 is 1.38 bits per heavy atom. The first-order valence-corrected chi connectivity index (χ1v) is 8.30. The van der Waals surface area contributed by atoms with E-state index in [0.29, 0.717) is 18.1 Å². The Balaban J connectivity index is 0.00000161. The number of ether oxygens (including phenoxy) is 1. The Morgan fingerprint density at radius 2 is 2.05 bits per heavy atom. The number of rotatable bonds is 5. The summed E-state index contributed by atoms with van der Waals surface area (Å²) in [5.41, 5.74) is 0.253. The number of nitrogens with one attached hydrogen (secondary N) is 2. The van der Waals surface area contributed by atoms with Crippen LogP contribution < -0.4 is 10.6 Å². The quantitative estimate of drug-likeness (QED) is 0.817. The molecule has 3 rings (SSSR count). The van der Waals surface area contributed by atoms with Gasteiger partial charge in [0.25, 0.3) is 0 Å². The molecule has 4 nitrogen and oxygen atoms in total. The molecule has 3 atom stereocenters. The van der Waals surface area contributed by atoms with Crippen molar-refractivity contribution in [1.82, 2.24) is 10.6 Å². The lowest BCUT2D eigenvalue weighted by atomic mass is 9.60. The SMILES string of the molecule is CCOC1CC(NC(=O)C(C)C2CNC2)C12CCCC2.Cl. The number of hydrogen-bond acceptors (Lipinski definition) is 3. The predicted molar refractivity (Wildman–Crippen MR) is 85.6 cm³/mol. The van der Waals surface area contributed by atoms with Crippen molar-refractivity contribution in [2.24, 2.45) is 17.3 Å². The normalized spacial score (nSPS) is 31.9. The van der Waals surface area contributed by atoms with E-state index in [0.717, 1.165) is 26.1 Å². The molecule has 3 fully saturated rings. The molecule has 5 heteroatoms. The molecule has 2 N–H and O–H groups in total. The van der Waals surface area contributed by atoms with Crippen molar-refractivity contribution in [3.63, 3.8) is 0 Å². The van der Waals surface area contributed by atoms with E-state index in [4.69, 9.17) is 4.74 Å². The van der Waals surface area contributed by atoms with Crippen LogP contribution in [0, 0.1) is 17.3 Å². The first-order chi connectivity index (χ1) is 9.67. The highest BCUT2D eigenvalue weighted by atomic mass is 35.5. The highest BCUT2D eigenvalue weighted by molar-refractivity contribution is 5.85. The third-order valence-electron chi connectivity index (χ3n) is 5.94. The second kappa shape index (κ2) is 6.84. The summed E-state index contributed by atoms with van der Waals surface area (Å²) < 4.78 is 5.91. The van der Waals surface area contributed by atoms with Gasteiger partial charge in [-0.3, -0.25) is 4.79 Å². The van der Waals surface area contributed by atoms with Gasteiger partial charge < -0.3 is 15.4 Å². The summed E-state index contributed by atoms with van der Waals surface area (Å²) in [6.07, 6.45) is 6.41. The van der Waals surface area contributed by atoms with Crippen LogP contribution in [0.25, 0.3) is 0 Å². The minimum absolute atomic E-state index is 0. The zero-order chi connectivity index (χ0) is 14.2. The van der Waals surface area contributed by atoms with Crippen LogP contribution in [0.2, 0.25) is 0 Å². The van der Waals surface area contributed by atoms with Gasteiger partial charge in [0.2, 0.25) is 5.91 Å². The second-order valence-electron chi connectivity index (χ2n) is 6.89. The third-order valence-corrected chi connectivity index (χ3v) is 5.94. The fourth-order valence-corrected chi connectivity index (χ4v) is 4.27. The monoisotopic (exact) mass is 316 g/mol. The minimum atomic E-state index is 0. The lowest BCUT2D eigenvalue weighted by molar-refractivity contribution is -0.147. The summed E-state index contributed by atoms with van der Waals surface area (Å²) in [7, 11) is 0. The van der Waals surface area contributed by atoms with Crippen LogP contribution in [0.4, 0.5) is 0 Å². The number of carbonyl (C=O) groups is 1. The minimum Gasteiger partial charge on any atom is -0.378 e. The van der Waals surface area contributed by atoms with Gasteiger partial charge in [0, 0.05) is 24.0 Å². The highest BCUT2D eigenvalue weighted by Gasteiger charge is 2.57. The molecule has 3 aliphatic rings. The Labute approximate surface area is 134 Å². The third kappa shape index (κ3) is 2.95. The average molecular weight is 317 g/mol. The van der Waals surface area contributed by atoms with Crippen LogP contribution in [0.3, 0.4) is 0 Å². The van der Waals surface area contributed by atoms with Gasteiger partial charge in [-0.1, -0.05) is 19.8 Å². The zero-order valence-corrected chi connectivity index (χ0v) is 14.0. The zero-order valence-electron chi connectivity index (χ0n) is 13.2. The average Bonchev–Trinajstić information content (AvgIpc) is 2.87. The first kappa shape index (κ1) is 17.0. The van der Waals surface area contributed by atoms with Crippen molar-refractivity contribution in [1.29, 1.82) is 0 Å². The van der Waals surface area contributed by atoms with Crippen LogP contribution in [-0.2, 0) is 9.53 Å². The van der Waals surface area contributed by atoms with E-state index < -0.39 is 0 Å². The van der Waals surface area contributed by atoms with E-state index in [1.807, 2.05) is 0 Å².